The molecule has 0 spiro atoms. The predicted octanol–water partition coefficient (Wildman–Crippen LogP) is 0.999. The summed E-state index contributed by atoms with van der Waals surface area (Å²) in [5, 5.41) is 15.2. The van der Waals surface area contributed by atoms with Crippen LogP contribution in [-0.4, -0.2) is 33.7 Å². The van der Waals surface area contributed by atoms with Crippen LogP contribution in [0.1, 0.15) is 43.2 Å². The molecule has 1 rings (SSSR count). The van der Waals surface area contributed by atoms with Crippen LogP contribution in [0.4, 0.5) is 0 Å². The number of nitrogens with one attached hydrogen (secondary N) is 1. The number of amides is 1. The van der Waals surface area contributed by atoms with Gasteiger partial charge >= 0.3 is 5.97 Å². The number of aliphatic carboxylic acids is 1. The molecule has 1 heterocycles. The van der Waals surface area contributed by atoms with Crippen molar-refractivity contribution in [1.82, 2.24) is 15.5 Å². The lowest BCUT2D eigenvalue weighted by atomic mass is 9.82. The summed E-state index contributed by atoms with van der Waals surface area (Å²) in [6.45, 7) is 5.18. The van der Waals surface area contributed by atoms with Crippen molar-refractivity contribution in [3.63, 3.8) is 0 Å². The minimum Gasteiger partial charge on any atom is -0.481 e. The Balaban J connectivity index is 2.69. The van der Waals surface area contributed by atoms with Crippen LogP contribution in [0.25, 0.3) is 0 Å². The van der Waals surface area contributed by atoms with E-state index in [-0.39, 0.29) is 18.3 Å². The van der Waals surface area contributed by atoms with Crippen LogP contribution in [-0.2, 0) is 4.79 Å². The number of carbonyl (C=O) groups is 2. The van der Waals surface area contributed by atoms with Gasteiger partial charge in [0.15, 0.2) is 0 Å². The standard InChI is InChI=1S/C11H17N3O4/c1-4-11(5-2,10(16)17)6-12-9(15)8-13-7(3)18-14-8/h4-6H2,1-3H3,(H,12,15)(H,16,17). The first-order valence-corrected chi connectivity index (χ1v) is 5.77. The van der Waals surface area contributed by atoms with Gasteiger partial charge in [-0.1, -0.05) is 19.0 Å². The molecule has 0 aliphatic carbocycles. The summed E-state index contributed by atoms with van der Waals surface area (Å²) in [5.74, 6) is -1.24. The van der Waals surface area contributed by atoms with Crippen LogP contribution >= 0.6 is 0 Å². The summed E-state index contributed by atoms with van der Waals surface area (Å²) in [7, 11) is 0. The summed E-state index contributed by atoms with van der Waals surface area (Å²) < 4.78 is 4.68. The van der Waals surface area contributed by atoms with E-state index in [0.29, 0.717) is 12.8 Å². The summed E-state index contributed by atoms with van der Waals surface area (Å²) in [6, 6.07) is 0. The van der Waals surface area contributed by atoms with E-state index in [2.05, 4.69) is 20.0 Å². The molecule has 2 N–H and O–H groups in total. The van der Waals surface area contributed by atoms with Crippen molar-refractivity contribution in [2.75, 3.05) is 6.54 Å². The maximum absolute atomic E-state index is 11.7. The monoisotopic (exact) mass is 255 g/mol. The molecule has 1 amide bonds. The molecule has 0 unspecified atom stereocenters. The van der Waals surface area contributed by atoms with Crippen molar-refractivity contribution in [3.05, 3.63) is 11.7 Å². The van der Waals surface area contributed by atoms with E-state index in [1.165, 1.54) is 0 Å². The molecule has 0 fully saturated rings. The highest BCUT2D eigenvalue weighted by molar-refractivity contribution is 5.90. The number of aromatic nitrogens is 2. The maximum atomic E-state index is 11.7. The number of carboxylic acids is 1. The van der Waals surface area contributed by atoms with E-state index in [9.17, 15) is 14.7 Å². The Morgan fingerprint density at radius 3 is 2.39 bits per heavy atom. The predicted molar refractivity (Wildman–Crippen MR) is 62.0 cm³/mol. The fraction of sp³-hybridized carbons (Fsp3) is 0.636. The van der Waals surface area contributed by atoms with Gasteiger partial charge in [0.25, 0.3) is 11.7 Å². The lowest BCUT2D eigenvalue weighted by Gasteiger charge is -2.26. The Bertz CT molecular complexity index is 437. The average Bonchev–Trinajstić information content (AvgIpc) is 2.77. The number of aryl methyl sites for hydroxylation is 1. The van der Waals surface area contributed by atoms with Gasteiger partial charge in [0.1, 0.15) is 0 Å². The molecule has 7 heteroatoms. The lowest BCUT2D eigenvalue weighted by Crippen LogP contribution is -2.42. The molecule has 0 radical (unpaired) electrons. The van der Waals surface area contributed by atoms with Crippen LogP contribution in [0.3, 0.4) is 0 Å². The van der Waals surface area contributed by atoms with Gasteiger partial charge in [-0.25, -0.2) is 0 Å². The SMILES string of the molecule is CCC(CC)(CNC(=O)c1noc(C)n1)C(=O)O. The second-order valence-corrected chi connectivity index (χ2v) is 4.11. The third-order valence-corrected chi connectivity index (χ3v) is 3.13. The second kappa shape index (κ2) is 5.61. The van der Waals surface area contributed by atoms with E-state index in [1.54, 1.807) is 20.8 Å². The van der Waals surface area contributed by atoms with Gasteiger partial charge in [-0.15, -0.1) is 0 Å². The van der Waals surface area contributed by atoms with E-state index < -0.39 is 17.3 Å². The molecule has 1 aromatic rings. The number of hydrogen-bond donors (Lipinski definition) is 2. The first-order chi connectivity index (χ1) is 8.45. The fourth-order valence-electron chi connectivity index (χ4n) is 1.60. The van der Waals surface area contributed by atoms with Crippen molar-refractivity contribution in [1.29, 1.82) is 0 Å². The smallest absolute Gasteiger partial charge is 0.311 e. The van der Waals surface area contributed by atoms with Gasteiger partial charge in [-0.3, -0.25) is 9.59 Å². The summed E-state index contributed by atoms with van der Waals surface area (Å²) in [5.41, 5.74) is -0.950. The van der Waals surface area contributed by atoms with E-state index in [0.717, 1.165) is 0 Å². The van der Waals surface area contributed by atoms with Crippen LogP contribution in [0.15, 0.2) is 4.52 Å². The molecule has 0 saturated carbocycles. The van der Waals surface area contributed by atoms with Gasteiger partial charge in [0.2, 0.25) is 5.89 Å². The van der Waals surface area contributed by atoms with Gasteiger partial charge in [-0.2, -0.15) is 4.98 Å². The molecular formula is C11H17N3O4. The zero-order chi connectivity index (χ0) is 13.8. The minimum atomic E-state index is -0.950. The first kappa shape index (κ1) is 14.1. The van der Waals surface area contributed by atoms with Crippen molar-refractivity contribution in [3.8, 4) is 0 Å². The fourth-order valence-corrected chi connectivity index (χ4v) is 1.60. The van der Waals surface area contributed by atoms with Crippen LogP contribution in [0.2, 0.25) is 0 Å². The molecule has 0 saturated heterocycles. The van der Waals surface area contributed by atoms with Gasteiger partial charge in [0.05, 0.1) is 5.41 Å². The highest BCUT2D eigenvalue weighted by Gasteiger charge is 2.35. The summed E-state index contributed by atoms with van der Waals surface area (Å²) >= 11 is 0. The normalized spacial score (nSPS) is 11.3. The molecule has 7 nitrogen and oxygen atoms in total. The molecule has 0 aromatic carbocycles. The highest BCUT2D eigenvalue weighted by atomic mass is 16.5. The molecule has 18 heavy (non-hydrogen) atoms. The molecule has 100 valence electrons. The summed E-state index contributed by atoms with van der Waals surface area (Å²) in [4.78, 5) is 26.7. The third-order valence-electron chi connectivity index (χ3n) is 3.13. The van der Waals surface area contributed by atoms with Crippen LogP contribution in [0, 0.1) is 12.3 Å². The third kappa shape index (κ3) is 2.85. The Morgan fingerprint density at radius 1 is 1.39 bits per heavy atom. The number of nitrogens with zero attached hydrogens (tertiary/aromatic N) is 2. The van der Waals surface area contributed by atoms with Crippen molar-refractivity contribution in [2.24, 2.45) is 5.41 Å². The van der Waals surface area contributed by atoms with E-state index >= 15 is 0 Å². The summed E-state index contributed by atoms with van der Waals surface area (Å²) in [6.07, 6.45) is 0.870. The van der Waals surface area contributed by atoms with Crippen LogP contribution in [0.5, 0.6) is 0 Å². The zero-order valence-corrected chi connectivity index (χ0v) is 10.7. The molecule has 0 aliphatic rings. The maximum Gasteiger partial charge on any atom is 0.311 e. The zero-order valence-electron chi connectivity index (χ0n) is 10.7. The number of rotatable bonds is 6. The van der Waals surface area contributed by atoms with Gasteiger partial charge in [0, 0.05) is 13.5 Å². The minimum absolute atomic E-state index is 0.0434. The van der Waals surface area contributed by atoms with Crippen molar-refractivity contribution >= 4 is 11.9 Å². The molecule has 1 aromatic heterocycles. The topological polar surface area (TPSA) is 105 Å². The Hall–Kier alpha value is -1.92. The Labute approximate surface area is 105 Å². The van der Waals surface area contributed by atoms with E-state index in [4.69, 9.17) is 0 Å². The number of hydrogen-bond acceptors (Lipinski definition) is 5. The Kier molecular flexibility index (Phi) is 4.41. The lowest BCUT2D eigenvalue weighted by molar-refractivity contribution is -0.149. The first-order valence-electron chi connectivity index (χ1n) is 5.77. The number of carbonyl (C=O) groups excluding carboxylic acids is 1. The molecule has 0 atom stereocenters. The largest absolute Gasteiger partial charge is 0.481 e. The molecular weight excluding hydrogens is 238 g/mol. The van der Waals surface area contributed by atoms with Gasteiger partial charge < -0.3 is 14.9 Å². The van der Waals surface area contributed by atoms with Crippen molar-refractivity contribution < 1.29 is 19.2 Å². The van der Waals surface area contributed by atoms with Crippen LogP contribution < -0.4 is 5.32 Å². The number of carboxylic acid groups (broad SMARTS) is 1. The second-order valence-electron chi connectivity index (χ2n) is 4.11. The van der Waals surface area contributed by atoms with Gasteiger partial charge in [-0.05, 0) is 12.8 Å². The van der Waals surface area contributed by atoms with E-state index in [1.807, 2.05) is 0 Å². The Morgan fingerprint density at radius 2 is 2.00 bits per heavy atom. The molecule has 0 bridgehead atoms. The quantitative estimate of drug-likeness (QED) is 0.785. The molecule has 0 aliphatic heterocycles. The highest BCUT2D eigenvalue weighted by Crippen LogP contribution is 2.25. The van der Waals surface area contributed by atoms with Crippen molar-refractivity contribution in [2.45, 2.75) is 33.6 Å². The average molecular weight is 255 g/mol.